The number of hydrazone groups is 1. The van der Waals surface area contributed by atoms with Gasteiger partial charge in [0.1, 0.15) is 11.6 Å². The van der Waals surface area contributed by atoms with Crippen LogP contribution < -0.4 is 15.5 Å². The van der Waals surface area contributed by atoms with Gasteiger partial charge in [0, 0.05) is 26.3 Å². The summed E-state index contributed by atoms with van der Waals surface area (Å²) in [5.41, 5.74) is 3.83. The predicted octanol–water partition coefficient (Wildman–Crippen LogP) is 5.02. The molecule has 31 heavy (non-hydrogen) atoms. The van der Waals surface area contributed by atoms with Gasteiger partial charge in [0.25, 0.3) is 11.8 Å². The van der Waals surface area contributed by atoms with E-state index in [9.17, 15) is 14.0 Å². The zero-order valence-corrected chi connectivity index (χ0v) is 18.3. The Morgan fingerprint density at radius 3 is 2.48 bits per heavy atom. The van der Waals surface area contributed by atoms with Crippen molar-refractivity contribution in [2.45, 2.75) is 0 Å². The van der Waals surface area contributed by atoms with Crippen molar-refractivity contribution in [3.63, 3.8) is 0 Å². The molecule has 0 aliphatic rings. The molecule has 0 radical (unpaired) electrons. The van der Waals surface area contributed by atoms with E-state index in [1.165, 1.54) is 30.5 Å². The van der Waals surface area contributed by atoms with Gasteiger partial charge in [0.15, 0.2) is 6.61 Å². The number of carbonyl (C=O) groups is 2. The second kappa shape index (κ2) is 10.7. The number of ether oxygens (including phenoxy) is 1. The summed E-state index contributed by atoms with van der Waals surface area (Å²) in [6, 6.07) is 16.9. The van der Waals surface area contributed by atoms with Crippen molar-refractivity contribution >= 4 is 51.2 Å². The smallest absolute Gasteiger partial charge is 0.271 e. The summed E-state index contributed by atoms with van der Waals surface area (Å²) in [5, 5.41) is 7.09. The molecule has 0 saturated heterocycles. The lowest BCUT2D eigenvalue weighted by Crippen LogP contribution is -2.20. The van der Waals surface area contributed by atoms with Crippen LogP contribution in [0.25, 0.3) is 0 Å². The number of carbonyl (C=O) groups excluding carboxylic acids is 2. The van der Waals surface area contributed by atoms with Gasteiger partial charge in [-0.1, -0.05) is 27.5 Å². The first-order valence-electron chi connectivity index (χ1n) is 8.97. The van der Waals surface area contributed by atoms with E-state index in [-0.39, 0.29) is 6.61 Å². The Hall–Kier alpha value is -3.23. The summed E-state index contributed by atoms with van der Waals surface area (Å²) >= 11 is 9.18. The topological polar surface area (TPSA) is 79.8 Å². The van der Waals surface area contributed by atoms with Crippen LogP contribution in [0.5, 0.6) is 5.75 Å². The lowest BCUT2D eigenvalue weighted by atomic mass is 10.2. The fourth-order valence-corrected chi connectivity index (χ4v) is 2.96. The second-order valence-electron chi connectivity index (χ2n) is 6.23. The number of nitrogens with one attached hydrogen (secondary N) is 2. The van der Waals surface area contributed by atoms with Crippen LogP contribution in [0, 0.1) is 5.82 Å². The fourth-order valence-electron chi connectivity index (χ4n) is 2.45. The van der Waals surface area contributed by atoms with Crippen LogP contribution in [0.1, 0.15) is 15.9 Å². The zero-order valence-electron chi connectivity index (χ0n) is 15.9. The molecule has 0 aromatic heterocycles. The first kappa shape index (κ1) is 22.5. The Morgan fingerprint density at radius 1 is 1.06 bits per heavy atom. The van der Waals surface area contributed by atoms with E-state index in [0.29, 0.717) is 27.6 Å². The molecule has 0 aliphatic heterocycles. The van der Waals surface area contributed by atoms with Gasteiger partial charge >= 0.3 is 0 Å². The van der Waals surface area contributed by atoms with Crippen LogP contribution in [0.15, 0.2) is 76.3 Å². The molecule has 0 bridgehead atoms. The number of amides is 2. The molecular formula is C22H16BrClFN3O3. The fraction of sp³-hybridized carbons (Fsp3) is 0.0455. The van der Waals surface area contributed by atoms with Gasteiger partial charge in [-0.15, -0.1) is 0 Å². The van der Waals surface area contributed by atoms with E-state index >= 15 is 0 Å². The SMILES string of the molecule is O=C(COc1ccc(Br)cc1/C=N/NC(=O)c1ccc(Cl)cc1)Nc1ccc(F)cc1. The lowest BCUT2D eigenvalue weighted by Gasteiger charge is -2.10. The van der Waals surface area contributed by atoms with Gasteiger partial charge in [-0.05, 0) is 66.7 Å². The summed E-state index contributed by atoms with van der Waals surface area (Å²) in [4.78, 5) is 24.2. The molecule has 2 amide bonds. The molecule has 0 atom stereocenters. The summed E-state index contributed by atoms with van der Waals surface area (Å²) in [6.07, 6.45) is 1.41. The summed E-state index contributed by atoms with van der Waals surface area (Å²) in [7, 11) is 0. The Labute approximate surface area is 191 Å². The molecule has 0 spiro atoms. The van der Waals surface area contributed by atoms with Crippen molar-refractivity contribution < 1.29 is 18.7 Å². The van der Waals surface area contributed by atoms with E-state index in [2.05, 4.69) is 31.8 Å². The Balaban J connectivity index is 1.61. The highest BCUT2D eigenvalue weighted by Gasteiger charge is 2.08. The van der Waals surface area contributed by atoms with Crippen LogP contribution in [0.2, 0.25) is 5.02 Å². The van der Waals surface area contributed by atoms with E-state index in [1.807, 2.05) is 0 Å². The molecule has 6 nitrogen and oxygen atoms in total. The number of rotatable bonds is 7. The number of halogens is 3. The maximum Gasteiger partial charge on any atom is 0.271 e. The predicted molar refractivity (Wildman–Crippen MR) is 121 cm³/mol. The highest BCUT2D eigenvalue weighted by molar-refractivity contribution is 9.10. The van der Waals surface area contributed by atoms with Crippen LogP contribution in [-0.2, 0) is 4.79 Å². The number of hydrogen-bond acceptors (Lipinski definition) is 4. The standard InChI is InChI=1S/C22H16BrClFN3O3/c23-16-3-10-20(31-13-21(29)27-19-8-6-18(25)7-9-19)15(11-16)12-26-28-22(30)14-1-4-17(24)5-2-14/h1-12H,13H2,(H,27,29)(H,28,30)/b26-12+. The highest BCUT2D eigenvalue weighted by Crippen LogP contribution is 2.22. The molecule has 9 heteroatoms. The Bertz CT molecular complexity index is 1110. The molecule has 3 rings (SSSR count). The van der Waals surface area contributed by atoms with Gasteiger partial charge in [-0.25, -0.2) is 9.82 Å². The maximum atomic E-state index is 12.9. The molecular weight excluding hydrogens is 489 g/mol. The third kappa shape index (κ3) is 6.91. The Kier molecular flexibility index (Phi) is 7.75. The lowest BCUT2D eigenvalue weighted by molar-refractivity contribution is -0.118. The van der Waals surface area contributed by atoms with E-state index in [1.54, 1.807) is 42.5 Å². The largest absolute Gasteiger partial charge is 0.483 e. The molecule has 2 N–H and O–H groups in total. The number of hydrogen-bond donors (Lipinski definition) is 2. The molecule has 0 unspecified atom stereocenters. The minimum absolute atomic E-state index is 0.267. The van der Waals surface area contributed by atoms with Crippen molar-refractivity contribution in [2.24, 2.45) is 5.10 Å². The first-order chi connectivity index (χ1) is 14.9. The molecule has 0 fully saturated rings. The summed E-state index contributed by atoms with van der Waals surface area (Å²) in [6.45, 7) is -0.267. The van der Waals surface area contributed by atoms with Crippen molar-refractivity contribution in [3.8, 4) is 5.75 Å². The average Bonchev–Trinajstić information content (AvgIpc) is 2.75. The van der Waals surface area contributed by atoms with Crippen LogP contribution in [-0.4, -0.2) is 24.6 Å². The van der Waals surface area contributed by atoms with Gasteiger partial charge in [0.2, 0.25) is 0 Å². The third-order valence-corrected chi connectivity index (χ3v) is 4.68. The minimum atomic E-state index is -0.409. The van der Waals surface area contributed by atoms with Gasteiger partial charge in [-0.2, -0.15) is 5.10 Å². The number of nitrogens with zero attached hydrogens (tertiary/aromatic N) is 1. The van der Waals surface area contributed by atoms with E-state index in [4.69, 9.17) is 16.3 Å². The van der Waals surface area contributed by atoms with Crippen molar-refractivity contribution in [1.82, 2.24) is 5.43 Å². The second-order valence-corrected chi connectivity index (χ2v) is 7.58. The Morgan fingerprint density at radius 2 is 1.77 bits per heavy atom. The van der Waals surface area contributed by atoms with Crippen molar-refractivity contribution in [3.05, 3.63) is 93.2 Å². The molecule has 0 heterocycles. The molecule has 158 valence electrons. The number of anilines is 1. The zero-order chi connectivity index (χ0) is 22.2. The molecule has 3 aromatic carbocycles. The van der Waals surface area contributed by atoms with Crippen LogP contribution in [0.4, 0.5) is 10.1 Å². The molecule has 0 saturated carbocycles. The average molecular weight is 505 g/mol. The van der Waals surface area contributed by atoms with Gasteiger partial charge < -0.3 is 10.1 Å². The van der Waals surface area contributed by atoms with Crippen LogP contribution >= 0.6 is 27.5 Å². The first-order valence-corrected chi connectivity index (χ1v) is 10.1. The highest BCUT2D eigenvalue weighted by atomic mass is 79.9. The van der Waals surface area contributed by atoms with Crippen LogP contribution in [0.3, 0.4) is 0 Å². The van der Waals surface area contributed by atoms with E-state index in [0.717, 1.165) is 4.47 Å². The minimum Gasteiger partial charge on any atom is -0.483 e. The third-order valence-electron chi connectivity index (χ3n) is 3.93. The normalized spacial score (nSPS) is 10.7. The monoisotopic (exact) mass is 503 g/mol. The number of benzene rings is 3. The van der Waals surface area contributed by atoms with Crippen molar-refractivity contribution in [2.75, 3.05) is 11.9 Å². The summed E-state index contributed by atoms with van der Waals surface area (Å²) < 4.78 is 19.3. The molecule has 0 aliphatic carbocycles. The quantitative estimate of drug-likeness (QED) is 0.350. The summed E-state index contributed by atoms with van der Waals surface area (Å²) in [5.74, 6) is -0.810. The molecule has 3 aromatic rings. The van der Waals surface area contributed by atoms with Gasteiger partial charge in [-0.3, -0.25) is 9.59 Å². The van der Waals surface area contributed by atoms with Crippen molar-refractivity contribution in [1.29, 1.82) is 0 Å². The van der Waals surface area contributed by atoms with Gasteiger partial charge in [0.05, 0.1) is 6.21 Å². The maximum absolute atomic E-state index is 12.9. The van der Waals surface area contributed by atoms with E-state index < -0.39 is 17.6 Å².